The van der Waals surface area contributed by atoms with E-state index in [1.165, 1.54) is 6.07 Å². The van der Waals surface area contributed by atoms with E-state index in [2.05, 4.69) is 4.98 Å². The number of hydrogen-bond acceptors (Lipinski definition) is 2. The van der Waals surface area contributed by atoms with Crippen LogP contribution in [0.2, 0.25) is 0 Å². The Morgan fingerprint density at radius 3 is 1.83 bits per heavy atom. The lowest BCUT2D eigenvalue weighted by molar-refractivity contribution is -0.141. The SMILES string of the molecule is N#CCc1cc(-c2c(F)c(F)c(F)c(F)c2F)nc(C(F)(F)F)c1. The van der Waals surface area contributed by atoms with Crippen LogP contribution in [0.4, 0.5) is 35.1 Å². The van der Waals surface area contributed by atoms with Gasteiger partial charge in [0, 0.05) is 0 Å². The fourth-order valence-electron chi connectivity index (χ4n) is 1.88. The molecule has 1 aromatic carbocycles. The van der Waals surface area contributed by atoms with E-state index in [0.717, 1.165) is 0 Å². The molecule has 0 bridgehead atoms. The summed E-state index contributed by atoms with van der Waals surface area (Å²) in [5.74, 6) is -11.7. The monoisotopic (exact) mass is 352 g/mol. The maximum atomic E-state index is 13.7. The summed E-state index contributed by atoms with van der Waals surface area (Å²) in [6, 6.07) is 2.60. The van der Waals surface area contributed by atoms with Gasteiger partial charge >= 0.3 is 6.18 Å². The fraction of sp³-hybridized carbons (Fsp3) is 0.143. The third-order valence-corrected chi connectivity index (χ3v) is 2.92. The number of nitriles is 1. The zero-order chi connectivity index (χ0) is 18.2. The van der Waals surface area contributed by atoms with Gasteiger partial charge in [-0.05, 0) is 17.7 Å². The van der Waals surface area contributed by atoms with E-state index in [1.807, 2.05) is 0 Å². The van der Waals surface area contributed by atoms with Crippen LogP contribution in [-0.2, 0) is 12.6 Å². The molecule has 0 aliphatic rings. The summed E-state index contributed by atoms with van der Waals surface area (Å²) in [5.41, 5.74) is -4.70. The van der Waals surface area contributed by atoms with Crippen molar-refractivity contribution in [3.63, 3.8) is 0 Å². The van der Waals surface area contributed by atoms with E-state index >= 15 is 0 Å². The zero-order valence-corrected chi connectivity index (χ0v) is 11.3. The standard InChI is InChI=1S/C14H4F8N2/c15-9-8(10(16)12(18)13(19)11(9)17)6-3-5(1-2-23)4-7(24-6)14(20,21)22/h3-4H,1H2. The largest absolute Gasteiger partial charge is 0.433 e. The molecule has 24 heavy (non-hydrogen) atoms. The highest BCUT2D eigenvalue weighted by atomic mass is 19.4. The maximum Gasteiger partial charge on any atom is 0.433 e. The Labute approximate surface area is 129 Å². The highest BCUT2D eigenvalue weighted by Gasteiger charge is 2.35. The van der Waals surface area contributed by atoms with E-state index in [0.29, 0.717) is 12.1 Å². The molecule has 0 atom stereocenters. The van der Waals surface area contributed by atoms with Gasteiger partial charge in [0.25, 0.3) is 0 Å². The van der Waals surface area contributed by atoms with Gasteiger partial charge in [0.05, 0.1) is 23.7 Å². The van der Waals surface area contributed by atoms with Crippen molar-refractivity contribution in [2.75, 3.05) is 0 Å². The molecule has 126 valence electrons. The van der Waals surface area contributed by atoms with Crippen LogP contribution in [0.1, 0.15) is 11.3 Å². The molecule has 0 amide bonds. The molecule has 0 unspecified atom stereocenters. The molecule has 0 spiro atoms. The van der Waals surface area contributed by atoms with Crippen LogP contribution in [0, 0.1) is 40.4 Å². The number of hydrogen-bond donors (Lipinski definition) is 0. The second-order valence-electron chi connectivity index (χ2n) is 4.52. The first kappa shape index (κ1) is 17.7. The van der Waals surface area contributed by atoms with Gasteiger partial charge in [0.2, 0.25) is 5.82 Å². The van der Waals surface area contributed by atoms with E-state index in [-0.39, 0.29) is 5.56 Å². The van der Waals surface area contributed by atoms with Gasteiger partial charge in [-0.15, -0.1) is 0 Å². The Morgan fingerprint density at radius 2 is 1.38 bits per heavy atom. The highest BCUT2D eigenvalue weighted by molar-refractivity contribution is 5.62. The lowest BCUT2D eigenvalue weighted by atomic mass is 10.0. The van der Waals surface area contributed by atoms with E-state index in [1.54, 1.807) is 0 Å². The quantitative estimate of drug-likeness (QED) is 0.452. The lowest BCUT2D eigenvalue weighted by Crippen LogP contribution is -2.11. The Kier molecular flexibility index (Phi) is 4.46. The molecule has 2 nitrogen and oxygen atoms in total. The first-order chi connectivity index (χ1) is 11.1. The minimum absolute atomic E-state index is 0.348. The van der Waals surface area contributed by atoms with Crippen molar-refractivity contribution in [1.82, 2.24) is 4.98 Å². The second-order valence-corrected chi connectivity index (χ2v) is 4.52. The van der Waals surface area contributed by atoms with Gasteiger partial charge in [-0.3, -0.25) is 0 Å². The number of rotatable bonds is 2. The minimum Gasteiger partial charge on any atom is -0.243 e. The average molecular weight is 352 g/mol. The molecule has 0 aliphatic heterocycles. The maximum absolute atomic E-state index is 13.7. The molecule has 1 aromatic heterocycles. The van der Waals surface area contributed by atoms with Crippen molar-refractivity contribution < 1.29 is 35.1 Å². The van der Waals surface area contributed by atoms with Crippen molar-refractivity contribution in [2.45, 2.75) is 12.6 Å². The minimum atomic E-state index is -5.05. The summed E-state index contributed by atoms with van der Waals surface area (Å²) >= 11 is 0. The smallest absolute Gasteiger partial charge is 0.243 e. The van der Waals surface area contributed by atoms with Crippen LogP contribution >= 0.6 is 0 Å². The summed E-state index contributed by atoms with van der Waals surface area (Å²) in [4.78, 5) is 2.92. The highest BCUT2D eigenvalue weighted by Crippen LogP contribution is 2.34. The predicted molar refractivity (Wildman–Crippen MR) is 63.8 cm³/mol. The van der Waals surface area contributed by atoms with Crippen LogP contribution in [0.15, 0.2) is 12.1 Å². The van der Waals surface area contributed by atoms with Crippen LogP contribution in [0.3, 0.4) is 0 Å². The van der Waals surface area contributed by atoms with E-state index in [9.17, 15) is 35.1 Å². The van der Waals surface area contributed by atoms with Crippen molar-refractivity contribution >= 4 is 0 Å². The molecule has 0 saturated heterocycles. The van der Waals surface area contributed by atoms with Crippen LogP contribution in [-0.4, -0.2) is 4.98 Å². The number of alkyl halides is 3. The molecule has 1 heterocycles. The molecule has 0 aliphatic carbocycles. The number of nitrogens with zero attached hydrogens (tertiary/aromatic N) is 2. The lowest BCUT2D eigenvalue weighted by Gasteiger charge is -2.12. The molecule has 0 N–H and O–H groups in total. The molecule has 10 heteroatoms. The van der Waals surface area contributed by atoms with Gasteiger partial charge in [-0.1, -0.05) is 0 Å². The molecule has 2 rings (SSSR count). The van der Waals surface area contributed by atoms with Crippen molar-refractivity contribution in [2.24, 2.45) is 0 Å². The molecule has 2 aromatic rings. The second kappa shape index (κ2) is 6.07. The summed E-state index contributed by atoms with van der Waals surface area (Å²) in [5, 5.41) is 8.54. The van der Waals surface area contributed by atoms with Crippen LogP contribution < -0.4 is 0 Å². The van der Waals surface area contributed by atoms with E-state index in [4.69, 9.17) is 5.26 Å². The molecular weight excluding hydrogens is 348 g/mol. The van der Waals surface area contributed by atoms with Crippen molar-refractivity contribution in [1.29, 1.82) is 5.26 Å². The topological polar surface area (TPSA) is 36.7 Å². The van der Waals surface area contributed by atoms with E-state index < -0.39 is 58.6 Å². The number of pyridine rings is 1. The molecule has 0 radical (unpaired) electrons. The first-order valence-electron chi connectivity index (χ1n) is 6.04. The molecule has 0 saturated carbocycles. The van der Waals surface area contributed by atoms with Crippen molar-refractivity contribution in [3.05, 3.63) is 52.5 Å². The third-order valence-electron chi connectivity index (χ3n) is 2.92. The fourth-order valence-corrected chi connectivity index (χ4v) is 1.88. The van der Waals surface area contributed by atoms with Gasteiger partial charge in [0.15, 0.2) is 23.3 Å². The first-order valence-corrected chi connectivity index (χ1v) is 6.04. The van der Waals surface area contributed by atoms with Crippen LogP contribution in [0.25, 0.3) is 11.3 Å². The van der Waals surface area contributed by atoms with Crippen molar-refractivity contribution in [3.8, 4) is 17.3 Å². The Hall–Kier alpha value is -2.70. The summed E-state index contributed by atoms with van der Waals surface area (Å²) in [7, 11) is 0. The summed E-state index contributed by atoms with van der Waals surface area (Å²) in [6.07, 6.45) is -5.64. The van der Waals surface area contributed by atoms with Gasteiger partial charge in [-0.2, -0.15) is 18.4 Å². The molecular formula is C14H4F8N2. The Morgan fingerprint density at radius 1 is 0.875 bits per heavy atom. The third kappa shape index (κ3) is 3.02. The number of halogens is 8. The summed E-state index contributed by atoms with van der Waals surface area (Å²) < 4.78 is 105. The Balaban J connectivity index is 2.83. The number of aromatic nitrogens is 1. The predicted octanol–water partition coefficient (Wildman–Crippen LogP) is 4.53. The number of benzene rings is 1. The van der Waals surface area contributed by atoms with Gasteiger partial charge in [-0.25, -0.2) is 26.9 Å². The normalized spacial score (nSPS) is 11.5. The molecule has 0 fully saturated rings. The summed E-state index contributed by atoms with van der Waals surface area (Å²) in [6.45, 7) is 0. The van der Waals surface area contributed by atoms with Gasteiger partial charge < -0.3 is 0 Å². The van der Waals surface area contributed by atoms with Crippen LogP contribution in [0.5, 0.6) is 0 Å². The average Bonchev–Trinajstić information content (AvgIpc) is 2.50. The zero-order valence-electron chi connectivity index (χ0n) is 11.3. The van der Waals surface area contributed by atoms with Gasteiger partial charge in [0.1, 0.15) is 5.69 Å². The Bertz CT molecular complexity index is 822.